The Morgan fingerprint density at radius 3 is 2.19 bits per heavy atom. The molecule has 4 heteroatoms. The summed E-state index contributed by atoms with van der Waals surface area (Å²) in [6.45, 7) is 7.80. The molecule has 0 rings (SSSR count). The Morgan fingerprint density at radius 1 is 1.31 bits per heavy atom. The molecule has 0 aliphatic rings. The molecule has 96 valence electrons. The topological polar surface area (TPSA) is 66.6 Å². The zero-order valence-corrected chi connectivity index (χ0v) is 10.8. The van der Waals surface area contributed by atoms with Crippen LogP contribution in [0.15, 0.2) is 0 Å². The molecule has 0 aromatic rings. The molecule has 16 heavy (non-hydrogen) atoms. The smallest absolute Gasteiger partial charge is 0.230 e. The number of hydrogen-bond acceptors (Lipinski definition) is 3. The molecule has 0 aromatic carbocycles. The fourth-order valence-electron chi connectivity index (χ4n) is 1.93. The molecule has 1 amide bonds. The van der Waals surface area contributed by atoms with Crippen LogP contribution in [0.2, 0.25) is 0 Å². The van der Waals surface area contributed by atoms with Gasteiger partial charge in [0.2, 0.25) is 5.91 Å². The van der Waals surface area contributed by atoms with Crippen LogP contribution in [0.5, 0.6) is 0 Å². The van der Waals surface area contributed by atoms with Crippen molar-refractivity contribution in [3.05, 3.63) is 0 Å². The Hall–Kier alpha value is -0.610. The number of amides is 1. The standard InChI is InChI=1S/C12H26N2O2/c1-4-12(5-2,10-13)11(16)14(6-3)8-7-9-15/h15H,4-10,13H2,1-3H3. The minimum atomic E-state index is -0.411. The predicted molar refractivity (Wildman–Crippen MR) is 66.0 cm³/mol. The third-order valence-electron chi connectivity index (χ3n) is 3.45. The van der Waals surface area contributed by atoms with E-state index in [2.05, 4.69) is 0 Å². The quantitative estimate of drug-likeness (QED) is 0.653. The highest BCUT2D eigenvalue weighted by atomic mass is 16.3. The molecule has 0 bridgehead atoms. The maximum Gasteiger partial charge on any atom is 0.230 e. The Morgan fingerprint density at radius 2 is 1.88 bits per heavy atom. The molecular formula is C12H26N2O2. The molecule has 0 unspecified atom stereocenters. The van der Waals surface area contributed by atoms with Gasteiger partial charge in [-0.15, -0.1) is 0 Å². The molecule has 0 saturated heterocycles. The number of rotatable bonds is 8. The van der Waals surface area contributed by atoms with Crippen LogP contribution in [0.3, 0.4) is 0 Å². The van der Waals surface area contributed by atoms with Gasteiger partial charge >= 0.3 is 0 Å². The average Bonchev–Trinajstić information content (AvgIpc) is 2.33. The Labute approximate surface area is 98.8 Å². The van der Waals surface area contributed by atoms with Gasteiger partial charge in [0.05, 0.1) is 5.41 Å². The minimum absolute atomic E-state index is 0.123. The van der Waals surface area contributed by atoms with E-state index in [1.165, 1.54) is 0 Å². The lowest BCUT2D eigenvalue weighted by Crippen LogP contribution is -2.48. The number of aliphatic hydroxyl groups excluding tert-OH is 1. The van der Waals surface area contributed by atoms with Gasteiger partial charge in [-0.05, 0) is 26.2 Å². The molecule has 0 radical (unpaired) electrons. The van der Waals surface area contributed by atoms with Crippen LogP contribution in [0.1, 0.15) is 40.0 Å². The third kappa shape index (κ3) is 3.46. The zero-order chi connectivity index (χ0) is 12.6. The van der Waals surface area contributed by atoms with Gasteiger partial charge in [-0.1, -0.05) is 13.8 Å². The SMILES string of the molecule is CCN(CCCO)C(=O)C(CC)(CC)CN. The highest BCUT2D eigenvalue weighted by molar-refractivity contribution is 5.83. The van der Waals surface area contributed by atoms with E-state index in [1.807, 2.05) is 20.8 Å². The first-order chi connectivity index (χ1) is 7.61. The molecule has 0 saturated carbocycles. The fraction of sp³-hybridized carbons (Fsp3) is 0.917. The minimum Gasteiger partial charge on any atom is -0.396 e. The summed E-state index contributed by atoms with van der Waals surface area (Å²) in [4.78, 5) is 14.2. The van der Waals surface area contributed by atoms with Crippen molar-refractivity contribution in [3.8, 4) is 0 Å². The van der Waals surface area contributed by atoms with Crippen LogP contribution < -0.4 is 5.73 Å². The van der Waals surface area contributed by atoms with Crippen molar-refractivity contribution in [3.63, 3.8) is 0 Å². The van der Waals surface area contributed by atoms with Gasteiger partial charge in [-0.25, -0.2) is 0 Å². The van der Waals surface area contributed by atoms with Crippen LogP contribution in [-0.4, -0.2) is 42.2 Å². The van der Waals surface area contributed by atoms with Crippen LogP contribution in [0, 0.1) is 5.41 Å². The fourth-order valence-corrected chi connectivity index (χ4v) is 1.93. The van der Waals surface area contributed by atoms with E-state index in [0.717, 1.165) is 12.8 Å². The summed E-state index contributed by atoms with van der Waals surface area (Å²) in [5, 5.41) is 8.80. The van der Waals surface area contributed by atoms with Crippen LogP contribution in [0.4, 0.5) is 0 Å². The Balaban J connectivity index is 4.68. The maximum absolute atomic E-state index is 12.4. The van der Waals surface area contributed by atoms with Gasteiger partial charge in [-0.3, -0.25) is 4.79 Å². The summed E-state index contributed by atoms with van der Waals surface area (Å²) >= 11 is 0. The largest absolute Gasteiger partial charge is 0.396 e. The summed E-state index contributed by atoms with van der Waals surface area (Å²) in [7, 11) is 0. The lowest BCUT2D eigenvalue weighted by Gasteiger charge is -2.34. The maximum atomic E-state index is 12.4. The second-order valence-corrected chi connectivity index (χ2v) is 4.15. The molecular weight excluding hydrogens is 204 g/mol. The van der Waals surface area contributed by atoms with Crippen molar-refractivity contribution in [2.45, 2.75) is 40.0 Å². The highest BCUT2D eigenvalue weighted by Gasteiger charge is 2.36. The zero-order valence-electron chi connectivity index (χ0n) is 10.8. The van der Waals surface area contributed by atoms with Gasteiger partial charge in [0.25, 0.3) is 0 Å². The summed E-state index contributed by atoms with van der Waals surface area (Å²) in [6.07, 6.45) is 2.18. The normalized spacial score (nSPS) is 11.6. The Bertz CT molecular complexity index is 195. The Kier molecular flexibility index (Phi) is 7.34. The predicted octanol–water partition coefficient (Wildman–Crippen LogP) is 0.982. The van der Waals surface area contributed by atoms with Crippen LogP contribution in [0.25, 0.3) is 0 Å². The van der Waals surface area contributed by atoms with Gasteiger partial charge < -0.3 is 15.7 Å². The van der Waals surface area contributed by atoms with Crippen molar-refractivity contribution in [1.82, 2.24) is 4.90 Å². The molecule has 4 nitrogen and oxygen atoms in total. The van der Waals surface area contributed by atoms with Crippen molar-refractivity contribution in [2.24, 2.45) is 11.1 Å². The van der Waals surface area contributed by atoms with E-state index in [4.69, 9.17) is 10.8 Å². The summed E-state index contributed by atoms with van der Waals surface area (Å²) in [5.41, 5.74) is 5.34. The molecule has 0 atom stereocenters. The molecule has 0 heterocycles. The number of nitrogens with two attached hydrogens (primary N) is 1. The second kappa shape index (κ2) is 7.63. The average molecular weight is 230 g/mol. The molecule has 0 aliphatic heterocycles. The molecule has 0 fully saturated rings. The second-order valence-electron chi connectivity index (χ2n) is 4.15. The van der Waals surface area contributed by atoms with E-state index in [-0.39, 0.29) is 12.5 Å². The van der Waals surface area contributed by atoms with Crippen LogP contribution >= 0.6 is 0 Å². The van der Waals surface area contributed by atoms with Crippen molar-refractivity contribution in [1.29, 1.82) is 0 Å². The van der Waals surface area contributed by atoms with E-state index in [1.54, 1.807) is 4.90 Å². The summed E-state index contributed by atoms with van der Waals surface area (Å²) < 4.78 is 0. The van der Waals surface area contributed by atoms with Crippen molar-refractivity contribution >= 4 is 5.91 Å². The summed E-state index contributed by atoms with van der Waals surface area (Å²) in [6, 6.07) is 0. The van der Waals surface area contributed by atoms with Gasteiger partial charge in [-0.2, -0.15) is 0 Å². The highest BCUT2D eigenvalue weighted by Crippen LogP contribution is 2.27. The number of carbonyl (C=O) groups is 1. The number of carbonyl (C=O) groups excluding carboxylic acids is 1. The number of hydrogen-bond donors (Lipinski definition) is 2. The van der Waals surface area contributed by atoms with Crippen molar-refractivity contribution < 1.29 is 9.90 Å². The molecule has 0 aliphatic carbocycles. The molecule has 3 N–H and O–H groups in total. The summed E-state index contributed by atoms with van der Waals surface area (Å²) in [5.74, 6) is 0.135. The third-order valence-corrected chi connectivity index (χ3v) is 3.45. The first kappa shape index (κ1) is 15.4. The first-order valence-corrected chi connectivity index (χ1v) is 6.22. The van der Waals surface area contributed by atoms with Gasteiger partial charge in [0.15, 0.2) is 0 Å². The lowest BCUT2D eigenvalue weighted by atomic mass is 9.81. The monoisotopic (exact) mass is 230 g/mol. The van der Waals surface area contributed by atoms with Crippen LogP contribution in [-0.2, 0) is 4.79 Å². The first-order valence-electron chi connectivity index (χ1n) is 6.22. The van der Waals surface area contributed by atoms with E-state index >= 15 is 0 Å². The lowest BCUT2D eigenvalue weighted by molar-refractivity contribution is -0.142. The van der Waals surface area contributed by atoms with Gasteiger partial charge in [0, 0.05) is 26.2 Å². The molecule has 0 aromatic heterocycles. The van der Waals surface area contributed by atoms with E-state index in [9.17, 15) is 4.79 Å². The number of aliphatic hydroxyl groups is 1. The van der Waals surface area contributed by atoms with E-state index < -0.39 is 5.41 Å². The van der Waals surface area contributed by atoms with E-state index in [0.29, 0.717) is 26.1 Å². The van der Waals surface area contributed by atoms with Crippen molar-refractivity contribution in [2.75, 3.05) is 26.2 Å². The van der Waals surface area contributed by atoms with Gasteiger partial charge in [0.1, 0.15) is 0 Å². The number of nitrogens with zero attached hydrogens (tertiary/aromatic N) is 1. The molecule has 0 spiro atoms.